The Morgan fingerprint density at radius 3 is 1.26 bits per heavy atom. The first kappa shape index (κ1) is 21.0. The van der Waals surface area contributed by atoms with Crippen LogP contribution in [-0.4, -0.2) is 0 Å². The molecule has 0 spiro atoms. The van der Waals surface area contributed by atoms with Crippen LogP contribution in [0.1, 0.15) is 11.1 Å². The molecule has 4 aliphatic rings. The lowest BCUT2D eigenvalue weighted by molar-refractivity contribution is 0.577. The van der Waals surface area contributed by atoms with Crippen molar-refractivity contribution in [2.45, 2.75) is 0 Å². The molecule has 5 rings (SSSR count). The molecule has 0 aromatic heterocycles. The number of benzene rings is 1. The minimum atomic E-state index is -1.32. The number of rotatable bonds is 2. The molecule has 1 aromatic rings. The molecular formula is C30H18N4. The van der Waals surface area contributed by atoms with Gasteiger partial charge in [-0.25, -0.2) is 0 Å². The molecule has 0 N–H and O–H groups in total. The SMILES string of the molecule is N#CC1(C#N)C(c2ccc(C3=CC4=CC=CC=CC4C3(C#N)C#N)cc2)=CC2=CC=CC=CC21. The lowest BCUT2D eigenvalue weighted by atomic mass is 9.72. The number of hydrogen-bond acceptors (Lipinski definition) is 4. The fourth-order valence-electron chi connectivity index (χ4n) is 5.22. The summed E-state index contributed by atoms with van der Waals surface area (Å²) in [5, 5.41) is 40.3. The molecule has 34 heavy (non-hydrogen) atoms. The number of nitrogens with zero attached hydrogens (tertiary/aromatic N) is 4. The van der Waals surface area contributed by atoms with Crippen molar-refractivity contribution in [1.29, 1.82) is 21.0 Å². The standard InChI is InChI=1S/C30H18N4/c31-17-29(18-32)25-9-5-1-3-7-23(25)15-27(29)21-11-13-22(14-12-21)28-16-24-8-4-2-6-10-26(24)30(28,19-33)20-34/h1-16,25-26H. The molecule has 0 saturated carbocycles. The van der Waals surface area contributed by atoms with E-state index in [0.717, 1.165) is 22.3 Å². The summed E-state index contributed by atoms with van der Waals surface area (Å²) < 4.78 is 0. The normalized spacial score (nSPS) is 24.5. The lowest BCUT2D eigenvalue weighted by Crippen LogP contribution is -2.25. The summed E-state index contributed by atoms with van der Waals surface area (Å²) in [5.41, 5.74) is 2.07. The largest absolute Gasteiger partial charge is 0.196 e. The second-order valence-corrected chi connectivity index (χ2v) is 8.58. The Kier molecular flexibility index (Phi) is 4.87. The van der Waals surface area contributed by atoms with Crippen LogP contribution in [0.3, 0.4) is 0 Å². The Hall–Kier alpha value is -4.90. The quantitative estimate of drug-likeness (QED) is 0.580. The van der Waals surface area contributed by atoms with E-state index in [4.69, 9.17) is 0 Å². The smallest absolute Gasteiger partial charge is 0.179 e. The van der Waals surface area contributed by atoms with Crippen molar-refractivity contribution in [3.63, 3.8) is 0 Å². The van der Waals surface area contributed by atoms with E-state index in [1.165, 1.54) is 0 Å². The van der Waals surface area contributed by atoms with Crippen LogP contribution in [0.25, 0.3) is 11.1 Å². The van der Waals surface area contributed by atoms with Crippen LogP contribution in [0.2, 0.25) is 0 Å². The summed E-state index contributed by atoms with van der Waals surface area (Å²) in [6, 6.07) is 16.6. The monoisotopic (exact) mass is 434 g/mol. The lowest BCUT2D eigenvalue weighted by Gasteiger charge is -2.24. The van der Waals surface area contributed by atoms with Gasteiger partial charge >= 0.3 is 0 Å². The zero-order valence-corrected chi connectivity index (χ0v) is 18.2. The first-order valence-corrected chi connectivity index (χ1v) is 10.9. The van der Waals surface area contributed by atoms with Crippen molar-refractivity contribution in [2.75, 3.05) is 0 Å². The predicted octanol–water partition coefficient (Wildman–Crippen LogP) is 5.88. The van der Waals surface area contributed by atoms with Crippen molar-refractivity contribution >= 4 is 11.1 Å². The van der Waals surface area contributed by atoms with Gasteiger partial charge in [-0.1, -0.05) is 97.2 Å². The molecule has 2 unspecified atom stereocenters. The van der Waals surface area contributed by atoms with Crippen molar-refractivity contribution in [3.8, 4) is 24.3 Å². The molecule has 4 aliphatic carbocycles. The van der Waals surface area contributed by atoms with Crippen LogP contribution >= 0.6 is 0 Å². The number of allylic oxidation sites excluding steroid dienone is 16. The van der Waals surface area contributed by atoms with Gasteiger partial charge in [0, 0.05) is 11.8 Å². The molecule has 2 atom stereocenters. The van der Waals surface area contributed by atoms with E-state index in [1.807, 2.05) is 97.2 Å². The van der Waals surface area contributed by atoms with Gasteiger partial charge in [-0.2, -0.15) is 21.0 Å². The third-order valence-electron chi connectivity index (χ3n) is 6.96. The first-order valence-electron chi connectivity index (χ1n) is 10.9. The minimum Gasteiger partial charge on any atom is -0.196 e. The Bertz CT molecular complexity index is 1350. The zero-order valence-electron chi connectivity index (χ0n) is 18.2. The van der Waals surface area contributed by atoms with Gasteiger partial charge in [0.15, 0.2) is 10.8 Å². The van der Waals surface area contributed by atoms with Crippen LogP contribution in [0.5, 0.6) is 0 Å². The number of fused-ring (bicyclic) bond motifs is 2. The van der Waals surface area contributed by atoms with E-state index in [9.17, 15) is 21.0 Å². The maximum absolute atomic E-state index is 10.1. The van der Waals surface area contributed by atoms with E-state index in [-0.39, 0.29) is 11.8 Å². The molecule has 0 radical (unpaired) electrons. The molecular weight excluding hydrogens is 416 g/mol. The maximum atomic E-state index is 10.1. The molecule has 1 aromatic carbocycles. The molecule has 0 bridgehead atoms. The predicted molar refractivity (Wildman–Crippen MR) is 129 cm³/mol. The average molecular weight is 435 g/mol. The maximum Gasteiger partial charge on any atom is 0.179 e. The van der Waals surface area contributed by atoms with Crippen LogP contribution in [0.15, 0.2) is 108 Å². The summed E-state index contributed by atoms with van der Waals surface area (Å²) in [6.45, 7) is 0. The van der Waals surface area contributed by atoms with Crippen molar-refractivity contribution < 1.29 is 0 Å². The van der Waals surface area contributed by atoms with Gasteiger partial charge in [0.1, 0.15) is 0 Å². The van der Waals surface area contributed by atoms with Crippen LogP contribution in [-0.2, 0) is 0 Å². The fourth-order valence-corrected chi connectivity index (χ4v) is 5.22. The van der Waals surface area contributed by atoms with Gasteiger partial charge < -0.3 is 0 Å². The Labute approximate surface area is 198 Å². The highest BCUT2D eigenvalue weighted by Crippen LogP contribution is 2.54. The second-order valence-electron chi connectivity index (χ2n) is 8.58. The summed E-state index contributed by atoms with van der Waals surface area (Å²) in [6.07, 6.45) is 22.9. The summed E-state index contributed by atoms with van der Waals surface area (Å²) in [4.78, 5) is 0. The molecule has 4 nitrogen and oxygen atoms in total. The van der Waals surface area contributed by atoms with Crippen molar-refractivity contribution in [2.24, 2.45) is 22.7 Å². The van der Waals surface area contributed by atoms with E-state index >= 15 is 0 Å². The van der Waals surface area contributed by atoms with Crippen molar-refractivity contribution in [1.82, 2.24) is 0 Å². The van der Waals surface area contributed by atoms with Gasteiger partial charge in [-0.05, 0) is 33.4 Å². The molecule has 0 saturated heterocycles. The van der Waals surface area contributed by atoms with Gasteiger partial charge in [0.2, 0.25) is 0 Å². The van der Waals surface area contributed by atoms with Crippen LogP contribution in [0.4, 0.5) is 0 Å². The minimum absolute atomic E-state index is 0.339. The average Bonchev–Trinajstić information content (AvgIpc) is 3.09. The highest BCUT2D eigenvalue weighted by Gasteiger charge is 2.50. The molecule has 4 heteroatoms. The molecule has 0 amide bonds. The zero-order chi connectivity index (χ0) is 23.8. The Balaban J connectivity index is 1.59. The van der Waals surface area contributed by atoms with Crippen LogP contribution in [0, 0.1) is 68.0 Å². The number of nitriles is 4. The van der Waals surface area contributed by atoms with Gasteiger partial charge in [-0.15, -0.1) is 0 Å². The summed E-state index contributed by atoms with van der Waals surface area (Å²) in [5.74, 6) is -0.679. The highest BCUT2D eigenvalue weighted by molar-refractivity contribution is 5.86. The topological polar surface area (TPSA) is 95.2 Å². The number of hydrogen-bond donors (Lipinski definition) is 0. The second kappa shape index (κ2) is 7.90. The fraction of sp³-hybridized carbons (Fsp3) is 0.133. The van der Waals surface area contributed by atoms with Gasteiger partial charge in [0.25, 0.3) is 0 Å². The van der Waals surface area contributed by atoms with Gasteiger partial charge in [0.05, 0.1) is 24.3 Å². The van der Waals surface area contributed by atoms with E-state index in [1.54, 1.807) is 0 Å². The van der Waals surface area contributed by atoms with Crippen LogP contribution < -0.4 is 0 Å². The summed E-state index contributed by atoms with van der Waals surface area (Å²) in [7, 11) is 0. The van der Waals surface area contributed by atoms with E-state index in [0.29, 0.717) is 11.1 Å². The third kappa shape index (κ3) is 2.81. The molecule has 158 valence electrons. The van der Waals surface area contributed by atoms with E-state index < -0.39 is 10.8 Å². The van der Waals surface area contributed by atoms with Gasteiger partial charge in [-0.3, -0.25) is 0 Å². The first-order chi connectivity index (χ1) is 16.6. The summed E-state index contributed by atoms with van der Waals surface area (Å²) >= 11 is 0. The molecule has 0 aliphatic heterocycles. The molecule has 0 fully saturated rings. The third-order valence-corrected chi connectivity index (χ3v) is 6.96. The van der Waals surface area contributed by atoms with E-state index in [2.05, 4.69) is 24.3 Å². The molecule has 0 heterocycles. The highest BCUT2D eigenvalue weighted by atomic mass is 14.5. The van der Waals surface area contributed by atoms with Crippen molar-refractivity contribution in [3.05, 3.63) is 119 Å². The Morgan fingerprint density at radius 1 is 0.529 bits per heavy atom. The Morgan fingerprint density at radius 2 is 0.912 bits per heavy atom.